The van der Waals surface area contributed by atoms with Crippen molar-refractivity contribution in [2.45, 2.75) is 0 Å². The number of anilines is 2. The SMILES string of the molecule is CN(C(N)=NCNc1ccc([N+](=O)[O-])cc1Br)c1ccc([N+](=O)[O-])cc1Cl. The topological polar surface area (TPSA) is 140 Å². The zero-order valence-electron chi connectivity index (χ0n) is 13.9. The molecule has 0 atom stereocenters. The lowest BCUT2D eigenvalue weighted by Crippen LogP contribution is -2.34. The zero-order chi connectivity index (χ0) is 20.1. The van der Waals surface area contributed by atoms with Gasteiger partial charge in [-0.05, 0) is 28.1 Å². The molecular weight excluding hydrogens is 444 g/mol. The van der Waals surface area contributed by atoms with Gasteiger partial charge in [-0.15, -0.1) is 0 Å². The molecule has 2 rings (SSSR count). The second-order valence-corrected chi connectivity index (χ2v) is 6.49. The van der Waals surface area contributed by atoms with Crippen molar-refractivity contribution in [3.05, 3.63) is 66.1 Å². The van der Waals surface area contributed by atoms with E-state index in [0.717, 1.165) is 0 Å². The monoisotopic (exact) mass is 456 g/mol. The fourth-order valence-corrected chi connectivity index (χ4v) is 2.89. The molecule has 2 aromatic carbocycles. The Hall–Kier alpha value is -2.92. The Morgan fingerprint density at radius 2 is 1.81 bits per heavy atom. The lowest BCUT2D eigenvalue weighted by Gasteiger charge is -2.19. The molecule has 0 spiro atoms. The van der Waals surface area contributed by atoms with Gasteiger partial charge in [0.15, 0.2) is 5.96 Å². The standard InChI is InChI=1S/C15H14BrClN6O4/c1-21(14-5-3-10(23(26)27)7-12(14)17)15(18)20-8-19-13-4-2-9(22(24)25)6-11(13)16/h2-7,19H,8H2,1H3,(H2,18,20). The summed E-state index contributed by atoms with van der Waals surface area (Å²) >= 11 is 9.32. The number of guanidine groups is 1. The predicted molar refractivity (Wildman–Crippen MR) is 107 cm³/mol. The number of nitrogens with zero attached hydrogens (tertiary/aromatic N) is 4. The number of nitro groups is 2. The number of halogens is 2. The van der Waals surface area contributed by atoms with Gasteiger partial charge in [-0.1, -0.05) is 11.6 Å². The van der Waals surface area contributed by atoms with E-state index in [9.17, 15) is 20.2 Å². The molecule has 2 aromatic rings. The van der Waals surface area contributed by atoms with Crippen LogP contribution in [0.2, 0.25) is 5.02 Å². The molecule has 3 N–H and O–H groups in total. The van der Waals surface area contributed by atoms with Gasteiger partial charge in [0.25, 0.3) is 11.4 Å². The summed E-state index contributed by atoms with van der Waals surface area (Å²) in [4.78, 5) is 26.1. The maximum absolute atomic E-state index is 10.8. The van der Waals surface area contributed by atoms with Crippen LogP contribution in [0.5, 0.6) is 0 Å². The molecule has 0 unspecified atom stereocenters. The van der Waals surface area contributed by atoms with E-state index >= 15 is 0 Å². The van der Waals surface area contributed by atoms with Crippen molar-refractivity contribution < 1.29 is 9.85 Å². The summed E-state index contributed by atoms with van der Waals surface area (Å²) in [6, 6.07) is 8.30. The van der Waals surface area contributed by atoms with E-state index in [1.165, 1.54) is 35.2 Å². The van der Waals surface area contributed by atoms with Gasteiger partial charge >= 0.3 is 0 Å². The Kier molecular flexibility index (Phi) is 6.53. The molecule has 0 aliphatic rings. The first kappa shape index (κ1) is 20.4. The van der Waals surface area contributed by atoms with Crippen LogP contribution in [-0.2, 0) is 0 Å². The van der Waals surface area contributed by atoms with Crippen LogP contribution in [0.15, 0.2) is 45.9 Å². The summed E-state index contributed by atoms with van der Waals surface area (Å²) in [7, 11) is 1.62. The number of hydrogen-bond donors (Lipinski definition) is 2. The van der Waals surface area contributed by atoms with Crippen LogP contribution < -0.4 is 16.0 Å². The third-order valence-corrected chi connectivity index (χ3v) is 4.48. The summed E-state index contributed by atoms with van der Waals surface area (Å²) in [5, 5.41) is 24.6. The van der Waals surface area contributed by atoms with E-state index in [4.69, 9.17) is 17.3 Å². The largest absolute Gasteiger partial charge is 0.369 e. The average molecular weight is 458 g/mol. The van der Waals surface area contributed by atoms with Gasteiger partial charge in [-0.25, -0.2) is 4.99 Å². The molecule has 0 saturated carbocycles. The summed E-state index contributed by atoms with van der Waals surface area (Å²) < 4.78 is 0.511. The van der Waals surface area contributed by atoms with Crippen molar-refractivity contribution in [3.8, 4) is 0 Å². The Balaban J connectivity index is 2.07. The highest BCUT2D eigenvalue weighted by atomic mass is 79.9. The molecular formula is C15H14BrClN6O4. The number of aliphatic imine (C=N–C) groups is 1. The Morgan fingerprint density at radius 1 is 1.22 bits per heavy atom. The number of benzene rings is 2. The molecule has 0 bridgehead atoms. The van der Waals surface area contributed by atoms with E-state index in [2.05, 4.69) is 26.2 Å². The smallest absolute Gasteiger partial charge is 0.271 e. The summed E-state index contributed by atoms with van der Waals surface area (Å²) in [6.07, 6.45) is 0. The quantitative estimate of drug-likeness (QED) is 0.291. The highest BCUT2D eigenvalue weighted by Gasteiger charge is 2.14. The molecule has 0 aliphatic heterocycles. The van der Waals surface area contributed by atoms with E-state index in [1.54, 1.807) is 13.1 Å². The highest BCUT2D eigenvalue weighted by Crippen LogP contribution is 2.29. The Morgan fingerprint density at radius 3 is 2.37 bits per heavy atom. The van der Waals surface area contributed by atoms with E-state index < -0.39 is 9.85 Å². The normalized spacial score (nSPS) is 11.1. The van der Waals surface area contributed by atoms with Gasteiger partial charge in [0.2, 0.25) is 0 Å². The van der Waals surface area contributed by atoms with E-state index in [0.29, 0.717) is 15.8 Å². The van der Waals surface area contributed by atoms with Gasteiger partial charge in [0.1, 0.15) is 6.67 Å². The van der Waals surface area contributed by atoms with Crippen LogP contribution in [0.4, 0.5) is 22.7 Å². The van der Waals surface area contributed by atoms with Gasteiger partial charge in [0.05, 0.1) is 26.2 Å². The fourth-order valence-electron chi connectivity index (χ4n) is 2.08. The summed E-state index contributed by atoms with van der Waals surface area (Å²) in [6.45, 7) is 0.0944. The first-order chi connectivity index (χ1) is 12.7. The van der Waals surface area contributed by atoms with Crippen LogP contribution in [0.1, 0.15) is 0 Å². The Bertz CT molecular complexity index is 923. The fraction of sp³-hybridized carbons (Fsp3) is 0.133. The number of nitrogens with one attached hydrogen (secondary N) is 1. The molecule has 142 valence electrons. The minimum Gasteiger partial charge on any atom is -0.369 e. The second kappa shape index (κ2) is 8.64. The molecule has 12 heteroatoms. The first-order valence-electron chi connectivity index (χ1n) is 7.36. The van der Waals surface area contributed by atoms with Crippen LogP contribution >= 0.6 is 27.5 Å². The zero-order valence-corrected chi connectivity index (χ0v) is 16.3. The van der Waals surface area contributed by atoms with Crippen molar-refractivity contribution in [2.24, 2.45) is 10.7 Å². The maximum Gasteiger partial charge on any atom is 0.271 e. The molecule has 27 heavy (non-hydrogen) atoms. The number of nitrogens with two attached hydrogens (primary N) is 1. The molecule has 10 nitrogen and oxygen atoms in total. The lowest BCUT2D eigenvalue weighted by molar-refractivity contribution is -0.385. The molecule has 0 fully saturated rings. The summed E-state index contributed by atoms with van der Waals surface area (Å²) in [5.74, 6) is 0.122. The second-order valence-electron chi connectivity index (χ2n) is 5.22. The van der Waals surface area contributed by atoms with Crippen molar-refractivity contribution in [3.63, 3.8) is 0 Å². The first-order valence-corrected chi connectivity index (χ1v) is 8.53. The number of hydrogen-bond acceptors (Lipinski definition) is 6. The van der Waals surface area contributed by atoms with Crippen molar-refractivity contribution in [1.82, 2.24) is 0 Å². The molecule has 0 saturated heterocycles. The third kappa shape index (κ3) is 5.05. The van der Waals surface area contributed by atoms with Crippen molar-refractivity contribution in [1.29, 1.82) is 0 Å². The van der Waals surface area contributed by atoms with Gasteiger partial charge in [-0.2, -0.15) is 0 Å². The predicted octanol–water partition coefficient (Wildman–Crippen LogP) is 3.74. The minimum atomic E-state index is -0.543. The minimum absolute atomic E-state index is 0.0389. The maximum atomic E-state index is 10.8. The van der Waals surface area contributed by atoms with Gasteiger partial charge < -0.3 is 16.0 Å². The summed E-state index contributed by atoms with van der Waals surface area (Å²) in [5.41, 5.74) is 6.82. The number of non-ortho nitro benzene ring substituents is 2. The average Bonchev–Trinajstić information content (AvgIpc) is 2.61. The van der Waals surface area contributed by atoms with Gasteiger partial charge in [-0.3, -0.25) is 20.2 Å². The van der Waals surface area contributed by atoms with Crippen LogP contribution in [-0.4, -0.2) is 29.5 Å². The lowest BCUT2D eigenvalue weighted by atomic mass is 10.2. The Labute approximate surface area is 167 Å². The molecule has 0 radical (unpaired) electrons. The van der Waals surface area contributed by atoms with Crippen molar-refractivity contribution >= 4 is 56.2 Å². The molecule has 0 aliphatic carbocycles. The molecule has 0 heterocycles. The molecule has 0 aromatic heterocycles. The third-order valence-electron chi connectivity index (χ3n) is 3.52. The van der Waals surface area contributed by atoms with Crippen LogP contribution in [0.3, 0.4) is 0 Å². The van der Waals surface area contributed by atoms with Crippen LogP contribution in [0, 0.1) is 20.2 Å². The van der Waals surface area contributed by atoms with Gasteiger partial charge in [0, 0.05) is 35.8 Å². The molecule has 0 amide bonds. The highest BCUT2D eigenvalue weighted by molar-refractivity contribution is 9.10. The van der Waals surface area contributed by atoms with E-state index in [-0.39, 0.29) is 29.0 Å². The van der Waals surface area contributed by atoms with Crippen LogP contribution in [0.25, 0.3) is 0 Å². The number of nitro benzene ring substituents is 2. The van der Waals surface area contributed by atoms with E-state index in [1.807, 2.05) is 0 Å². The number of rotatable bonds is 6. The van der Waals surface area contributed by atoms with Crippen molar-refractivity contribution in [2.75, 3.05) is 23.9 Å².